The molecule has 10 nitrogen and oxygen atoms in total. The molecule has 0 aliphatic heterocycles. The predicted molar refractivity (Wildman–Crippen MR) is 100 cm³/mol. The van der Waals surface area contributed by atoms with Crippen LogP contribution in [0.4, 0.5) is 17.1 Å². The van der Waals surface area contributed by atoms with Crippen LogP contribution >= 0.6 is 0 Å². The summed E-state index contributed by atoms with van der Waals surface area (Å²) in [6, 6.07) is 12.9. The van der Waals surface area contributed by atoms with Gasteiger partial charge < -0.3 is 0 Å². The molecule has 0 spiro atoms. The van der Waals surface area contributed by atoms with Gasteiger partial charge in [0.1, 0.15) is 0 Å². The Kier molecular flexibility index (Phi) is 5.00. The van der Waals surface area contributed by atoms with Crippen molar-refractivity contribution in [3.63, 3.8) is 0 Å². The largest absolute Gasteiger partial charge is 0.279 e. The summed E-state index contributed by atoms with van der Waals surface area (Å²) >= 11 is 0. The van der Waals surface area contributed by atoms with E-state index in [2.05, 4.69) is 9.71 Å². The van der Waals surface area contributed by atoms with Crippen LogP contribution in [0.3, 0.4) is 0 Å². The Balaban J connectivity index is 2.03. The summed E-state index contributed by atoms with van der Waals surface area (Å²) in [7, 11) is -4.09. The molecule has 1 N–H and O–H groups in total. The van der Waals surface area contributed by atoms with Crippen LogP contribution < -0.4 is 4.72 Å². The van der Waals surface area contributed by atoms with Gasteiger partial charge in [0, 0.05) is 36.0 Å². The molecule has 11 heteroatoms. The second-order valence-corrected chi connectivity index (χ2v) is 7.24. The van der Waals surface area contributed by atoms with Crippen LogP contribution in [-0.4, -0.2) is 23.2 Å². The van der Waals surface area contributed by atoms with E-state index in [0.29, 0.717) is 5.69 Å². The summed E-state index contributed by atoms with van der Waals surface area (Å²) in [6.07, 6.45) is 1.47. The first kappa shape index (κ1) is 18.9. The molecular weight excluding hydrogens is 388 g/mol. The smallest absolute Gasteiger partial charge is 0.270 e. The molecule has 0 amide bonds. The summed E-state index contributed by atoms with van der Waals surface area (Å²) in [5.41, 5.74) is 0.179. The third-order valence-electron chi connectivity index (χ3n) is 3.76. The molecule has 3 rings (SSSR count). The quantitative estimate of drug-likeness (QED) is 0.493. The molecule has 0 saturated carbocycles. The second kappa shape index (κ2) is 7.40. The monoisotopic (exact) mass is 400 g/mol. The average Bonchev–Trinajstić information content (AvgIpc) is 2.68. The van der Waals surface area contributed by atoms with Gasteiger partial charge in [-0.05, 0) is 30.3 Å². The number of nitrogens with zero attached hydrogens (tertiary/aromatic N) is 3. The number of non-ortho nitro benzene ring substituents is 2. The topological polar surface area (TPSA) is 145 Å². The lowest BCUT2D eigenvalue weighted by Crippen LogP contribution is -2.14. The highest BCUT2D eigenvalue weighted by Gasteiger charge is 2.20. The molecule has 0 radical (unpaired) electrons. The molecule has 3 aromatic rings. The maximum Gasteiger partial charge on any atom is 0.270 e. The van der Waals surface area contributed by atoms with E-state index in [1.165, 1.54) is 24.4 Å². The first-order chi connectivity index (χ1) is 13.3. The van der Waals surface area contributed by atoms with Gasteiger partial charge in [0.15, 0.2) is 0 Å². The highest BCUT2D eigenvalue weighted by molar-refractivity contribution is 7.92. The summed E-state index contributed by atoms with van der Waals surface area (Å²) in [4.78, 5) is 24.5. The first-order valence-corrected chi connectivity index (χ1v) is 9.23. The molecule has 0 aliphatic carbocycles. The highest BCUT2D eigenvalue weighted by atomic mass is 32.2. The summed E-state index contributed by atoms with van der Waals surface area (Å²) in [5, 5.41) is 21.8. The zero-order valence-electron chi connectivity index (χ0n) is 14.1. The van der Waals surface area contributed by atoms with Crippen molar-refractivity contribution < 1.29 is 18.3 Å². The number of hydrogen-bond acceptors (Lipinski definition) is 7. The van der Waals surface area contributed by atoms with Crippen LogP contribution in [0.25, 0.3) is 11.3 Å². The van der Waals surface area contributed by atoms with Gasteiger partial charge in [0.2, 0.25) is 0 Å². The molecule has 1 heterocycles. The van der Waals surface area contributed by atoms with Crippen LogP contribution in [-0.2, 0) is 10.0 Å². The van der Waals surface area contributed by atoms with E-state index in [1.807, 2.05) is 0 Å². The summed E-state index contributed by atoms with van der Waals surface area (Å²) < 4.78 is 27.7. The number of pyridine rings is 1. The van der Waals surface area contributed by atoms with Crippen molar-refractivity contribution >= 4 is 27.1 Å². The van der Waals surface area contributed by atoms with Gasteiger partial charge in [-0.15, -0.1) is 0 Å². The lowest BCUT2D eigenvalue weighted by Gasteiger charge is -2.12. The van der Waals surface area contributed by atoms with Crippen molar-refractivity contribution in [3.05, 3.63) is 87.1 Å². The number of hydrogen-bond donors (Lipinski definition) is 1. The molecule has 0 saturated heterocycles. The lowest BCUT2D eigenvalue weighted by atomic mass is 10.1. The summed E-state index contributed by atoms with van der Waals surface area (Å²) in [6.45, 7) is 0. The molecule has 0 unspecified atom stereocenters. The minimum atomic E-state index is -4.09. The fraction of sp³-hybridized carbons (Fsp3) is 0. The molecule has 0 aliphatic rings. The number of aromatic nitrogens is 1. The number of anilines is 1. The Bertz CT molecular complexity index is 1150. The Morgan fingerprint density at radius 1 is 0.857 bits per heavy atom. The zero-order chi connectivity index (χ0) is 20.3. The van der Waals surface area contributed by atoms with Crippen molar-refractivity contribution in [2.45, 2.75) is 4.90 Å². The fourth-order valence-electron chi connectivity index (χ4n) is 2.42. The van der Waals surface area contributed by atoms with Gasteiger partial charge in [0.25, 0.3) is 21.4 Å². The van der Waals surface area contributed by atoms with Crippen LogP contribution in [0, 0.1) is 20.2 Å². The van der Waals surface area contributed by atoms with Crippen LogP contribution in [0.1, 0.15) is 0 Å². The molecule has 0 fully saturated rings. The van der Waals surface area contributed by atoms with Crippen molar-refractivity contribution in [2.75, 3.05) is 4.72 Å². The summed E-state index contributed by atoms with van der Waals surface area (Å²) in [5.74, 6) is 0. The number of benzene rings is 2. The van der Waals surface area contributed by atoms with E-state index >= 15 is 0 Å². The molecular formula is C17H12N4O6S. The molecule has 1 aromatic heterocycles. The van der Waals surface area contributed by atoms with Crippen molar-refractivity contribution in [1.82, 2.24) is 4.98 Å². The van der Waals surface area contributed by atoms with Gasteiger partial charge in [-0.2, -0.15) is 0 Å². The second-order valence-electron chi connectivity index (χ2n) is 5.56. The Morgan fingerprint density at radius 3 is 2.07 bits per heavy atom. The van der Waals surface area contributed by atoms with E-state index in [4.69, 9.17) is 0 Å². The van der Waals surface area contributed by atoms with Crippen molar-refractivity contribution in [3.8, 4) is 11.3 Å². The molecule has 142 valence electrons. The Labute approximate surface area is 158 Å². The van der Waals surface area contributed by atoms with Gasteiger partial charge in [-0.3, -0.25) is 29.9 Å². The molecule has 28 heavy (non-hydrogen) atoms. The highest BCUT2D eigenvalue weighted by Crippen LogP contribution is 2.32. The third kappa shape index (κ3) is 3.94. The maximum absolute atomic E-state index is 12.6. The fourth-order valence-corrected chi connectivity index (χ4v) is 3.50. The number of rotatable bonds is 6. The maximum atomic E-state index is 12.6. The van der Waals surface area contributed by atoms with Gasteiger partial charge in [-0.1, -0.05) is 6.07 Å². The van der Waals surface area contributed by atoms with Crippen LogP contribution in [0.2, 0.25) is 0 Å². The van der Waals surface area contributed by atoms with Crippen LogP contribution in [0.5, 0.6) is 0 Å². The molecule has 0 atom stereocenters. The first-order valence-electron chi connectivity index (χ1n) is 7.75. The average molecular weight is 400 g/mol. The van der Waals surface area contributed by atoms with E-state index in [-0.39, 0.29) is 27.5 Å². The van der Waals surface area contributed by atoms with E-state index in [0.717, 1.165) is 24.3 Å². The standard InChI is InChI=1S/C17H12N4O6S/c22-20(23)12-4-7-14(8-5-12)28(26,27)19-17-9-6-13(21(24)25)11-15(17)16-3-1-2-10-18-16/h1-11,19H. The number of nitro groups is 2. The number of nitro benzene ring substituents is 2. The van der Waals surface area contributed by atoms with Gasteiger partial charge >= 0.3 is 0 Å². The number of sulfonamides is 1. The van der Waals surface area contributed by atoms with Crippen molar-refractivity contribution in [2.24, 2.45) is 0 Å². The predicted octanol–water partition coefficient (Wildman–Crippen LogP) is 3.37. The Morgan fingerprint density at radius 2 is 1.50 bits per heavy atom. The van der Waals surface area contributed by atoms with Gasteiger partial charge in [0.05, 0.1) is 26.1 Å². The van der Waals surface area contributed by atoms with E-state index in [1.54, 1.807) is 18.2 Å². The Hall–Kier alpha value is -3.86. The van der Waals surface area contributed by atoms with E-state index in [9.17, 15) is 28.6 Å². The minimum Gasteiger partial charge on any atom is -0.279 e. The zero-order valence-corrected chi connectivity index (χ0v) is 14.9. The third-order valence-corrected chi connectivity index (χ3v) is 5.14. The van der Waals surface area contributed by atoms with Gasteiger partial charge in [-0.25, -0.2) is 8.42 Å². The molecule has 2 aromatic carbocycles. The van der Waals surface area contributed by atoms with Crippen molar-refractivity contribution in [1.29, 1.82) is 0 Å². The molecule has 0 bridgehead atoms. The SMILES string of the molecule is O=[N+]([O-])c1ccc(S(=O)(=O)Nc2ccc([N+](=O)[O-])cc2-c2ccccn2)cc1. The van der Waals surface area contributed by atoms with Crippen LogP contribution in [0.15, 0.2) is 71.8 Å². The normalized spacial score (nSPS) is 11.0. The number of nitrogens with one attached hydrogen (secondary N) is 1. The lowest BCUT2D eigenvalue weighted by molar-refractivity contribution is -0.385. The minimum absolute atomic E-state index is 0.0858. The van der Waals surface area contributed by atoms with E-state index < -0.39 is 19.9 Å².